The van der Waals surface area contributed by atoms with Gasteiger partial charge in [0, 0.05) is 49.7 Å². The SMILES string of the molecule is c1ccc(-c2cccc(N(c3ccc(-c4cccc(-n5c6ccccc6c6ccccc65)c4)cc3)c3ccc(-c4ccc5oc6c7ccccc7ccc6c5c4)cc3)c2)cc1. The van der Waals surface area contributed by atoms with E-state index in [1.807, 2.05) is 0 Å². The number of rotatable bonds is 7. The fourth-order valence-electron chi connectivity index (χ4n) is 9.22. The van der Waals surface area contributed by atoms with Crippen molar-refractivity contribution in [3.8, 4) is 39.1 Å². The van der Waals surface area contributed by atoms with Crippen LogP contribution in [-0.4, -0.2) is 4.57 Å². The van der Waals surface area contributed by atoms with Gasteiger partial charge in [0.15, 0.2) is 0 Å². The summed E-state index contributed by atoms with van der Waals surface area (Å²) in [5.74, 6) is 0. The van der Waals surface area contributed by atoms with Crippen molar-refractivity contribution in [2.45, 2.75) is 0 Å². The van der Waals surface area contributed by atoms with Gasteiger partial charge in [0.2, 0.25) is 0 Å². The first-order valence-corrected chi connectivity index (χ1v) is 20.8. The van der Waals surface area contributed by atoms with Gasteiger partial charge in [-0.15, -0.1) is 0 Å². The third-order valence-electron chi connectivity index (χ3n) is 12.2. The molecule has 0 bridgehead atoms. The van der Waals surface area contributed by atoms with Gasteiger partial charge >= 0.3 is 0 Å². The van der Waals surface area contributed by atoms with Gasteiger partial charge in [-0.3, -0.25) is 0 Å². The summed E-state index contributed by atoms with van der Waals surface area (Å²) in [5, 5.41) is 7.11. The minimum absolute atomic E-state index is 0.901. The molecule has 286 valence electrons. The van der Waals surface area contributed by atoms with Crippen molar-refractivity contribution in [3.63, 3.8) is 0 Å². The lowest BCUT2D eigenvalue weighted by atomic mass is 10.0. The maximum absolute atomic E-state index is 6.43. The summed E-state index contributed by atoms with van der Waals surface area (Å²) in [7, 11) is 0. The van der Waals surface area contributed by atoms with Crippen LogP contribution in [0.1, 0.15) is 0 Å². The van der Waals surface area contributed by atoms with Crippen molar-refractivity contribution in [1.82, 2.24) is 4.57 Å². The molecule has 10 aromatic carbocycles. The molecule has 0 saturated carbocycles. The Balaban J connectivity index is 0.922. The van der Waals surface area contributed by atoms with Crippen molar-refractivity contribution in [2.75, 3.05) is 4.90 Å². The standard InChI is InChI=1S/C58H38N2O/c1-2-12-39(13-3-1)43-15-10-17-48(36-43)59(47-32-26-41(27-33-47)45-29-35-57-54(38-45)53-34-28-42-14-4-5-19-50(42)58(53)61-57)46-30-24-40(25-31-46)44-16-11-18-49(37-44)60-55-22-8-6-20-51(55)52-21-7-9-23-56(52)60/h1-38H. The summed E-state index contributed by atoms with van der Waals surface area (Å²) in [5.41, 5.74) is 15.7. The number of aromatic nitrogens is 1. The number of anilines is 3. The molecule has 2 heterocycles. The molecule has 0 N–H and O–H groups in total. The number of benzene rings is 10. The van der Waals surface area contributed by atoms with E-state index in [-0.39, 0.29) is 0 Å². The third-order valence-corrected chi connectivity index (χ3v) is 12.2. The molecular formula is C58H38N2O. The van der Waals surface area contributed by atoms with Crippen LogP contribution in [0.2, 0.25) is 0 Å². The van der Waals surface area contributed by atoms with Crippen LogP contribution in [0.15, 0.2) is 235 Å². The number of furan rings is 1. The molecule has 0 amide bonds. The Hall–Kier alpha value is -8.14. The van der Waals surface area contributed by atoms with E-state index in [1.165, 1.54) is 43.9 Å². The topological polar surface area (TPSA) is 21.3 Å². The highest BCUT2D eigenvalue weighted by Crippen LogP contribution is 2.41. The highest BCUT2D eigenvalue weighted by atomic mass is 16.3. The molecule has 12 aromatic rings. The zero-order valence-electron chi connectivity index (χ0n) is 33.2. The summed E-state index contributed by atoms with van der Waals surface area (Å²) < 4.78 is 8.81. The zero-order valence-corrected chi connectivity index (χ0v) is 33.2. The molecule has 0 spiro atoms. The normalized spacial score (nSPS) is 11.6. The second-order valence-electron chi connectivity index (χ2n) is 15.7. The lowest BCUT2D eigenvalue weighted by Gasteiger charge is -2.26. The summed E-state index contributed by atoms with van der Waals surface area (Å²) in [6.45, 7) is 0. The van der Waals surface area contributed by atoms with E-state index in [0.29, 0.717) is 0 Å². The van der Waals surface area contributed by atoms with E-state index in [2.05, 4.69) is 240 Å². The first-order valence-electron chi connectivity index (χ1n) is 20.8. The molecule has 61 heavy (non-hydrogen) atoms. The van der Waals surface area contributed by atoms with Gasteiger partial charge in [-0.05, 0) is 118 Å². The second kappa shape index (κ2) is 14.3. The third kappa shape index (κ3) is 5.98. The minimum atomic E-state index is 0.901. The number of nitrogens with zero attached hydrogens (tertiary/aromatic N) is 2. The number of hydrogen-bond acceptors (Lipinski definition) is 2. The highest BCUT2D eigenvalue weighted by Gasteiger charge is 2.17. The Bertz CT molecular complexity index is 3520. The molecule has 0 aliphatic carbocycles. The van der Waals surface area contributed by atoms with Crippen molar-refractivity contribution in [2.24, 2.45) is 0 Å². The summed E-state index contributed by atoms with van der Waals surface area (Å²) in [6.07, 6.45) is 0. The van der Waals surface area contributed by atoms with Crippen molar-refractivity contribution >= 4 is 71.6 Å². The fourth-order valence-corrected chi connectivity index (χ4v) is 9.22. The van der Waals surface area contributed by atoms with Crippen LogP contribution >= 0.6 is 0 Å². The molecule has 0 aliphatic rings. The monoisotopic (exact) mass is 778 g/mol. The van der Waals surface area contributed by atoms with Crippen LogP contribution in [0.3, 0.4) is 0 Å². The molecular weight excluding hydrogens is 741 g/mol. The zero-order chi connectivity index (χ0) is 40.3. The van der Waals surface area contributed by atoms with Gasteiger partial charge in [-0.25, -0.2) is 0 Å². The van der Waals surface area contributed by atoms with Gasteiger partial charge in [0.05, 0.1) is 11.0 Å². The number of fused-ring (bicyclic) bond motifs is 8. The summed E-state index contributed by atoms with van der Waals surface area (Å²) >= 11 is 0. The molecule has 3 heteroatoms. The van der Waals surface area contributed by atoms with Crippen LogP contribution in [0.5, 0.6) is 0 Å². The van der Waals surface area contributed by atoms with Crippen LogP contribution < -0.4 is 4.90 Å². The summed E-state index contributed by atoms with van der Waals surface area (Å²) in [6, 6.07) is 82.9. The van der Waals surface area contributed by atoms with Gasteiger partial charge < -0.3 is 13.9 Å². The Kier molecular flexibility index (Phi) is 8.17. The molecule has 0 aliphatic heterocycles. The van der Waals surface area contributed by atoms with Gasteiger partial charge in [0.25, 0.3) is 0 Å². The van der Waals surface area contributed by atoms with Crippen LogP contribution in [0, 0.1) is 0 Å². The maximum Gasteiger partial charge on any atom is 0.143 e. The Morgan fingerprint density at radius 1 is 0.311 bits per heavy atom. The van der Waals surface area contributed by atoms with Crippen molar-refractivity contribution < 1.29 is 4.42 Å². The van der Waals surface area contributed by atoms with E-state index >= 15 is 0 Å². The molecule has 0 atom stereocenters. The fraction of sp³-hybridized carbons (Fsp3) is 0. The maximum atomic E-state index is 6.43. The molecule has 0 fully saturated rings. The minimum Gasteiger partial charge on any atom is -0.455 e. The van der Waals surface area contributed by atoms with Crippen molar-refractivity contribution in [1.29, 1.82) is 0 Å². The second-order valence-corrected chi connectivity index (χ2v) is 15.7. The average molecular weight is 779 g/mol. The van der Waals surface area contributed by atoms with Gasteiger partial charge in [0.1, 0.15) is 11.2 Å². The Morgan fingerprint density at radius 3 is 1.56 bits per heavy atom. The van der Waals surface area contributed by atoms with E-state index in [9.17, 15) is 0 Å². The smallest absolute Gasteiger partial charge is 0.143 e. The number of para-hydroxylation sites is 2. The van der Waals surface area contributed by atoms with Gasteiger partial charge in [-0.1, -0.05) is 152 Å². The Morgan fingerprint density at radius 2 is 0.852 bits per heavy atom. The van der Waals surface area contributed by atoms with Crippen molar-refractivity contribution in [3.05, 3.63) is 231 Å². The predicted molar refractivity (Wildman–Crippen MR) is 257 cm³/mol. The summed E-state index contributed by atoms with van der Waals surface area (Å²) in [4.78, 5) is 2.35. The van der Waals surface area contributed by atoms with Crippen LogP contribution in [0.4, 0.5) is 17.1 Å². The molecule has 0 unspecified atom stereocenters. The van der Waals surface area contributed by atoms with Crippen LogP contribution in [0.25, 0.3) is 93.6 Å². The lowest BCUT2D eigenvalue weighted by molar-refractivity contribution is 0.672. The predicted octanol–water partition coefficient (Wildman–Crippen LogP) is 16.3. The van der Waals surface area contributed by atoms with E-state index < -0.39 is 0 Å². The molecule has 0 saturated heterocycles. The molecule has 3 nitrogen and oxygen atoms in total. The Labute approximate surface area is 353 Å². The molecule has 12 rings (SSSR count). The average Bonchev–Trinajstić information content (AvgIpc) is 3.88. The first kappa shape index (κ1) is 34.9. The van der Waals surface area contributed by atoms with E-state index in [0.717, 1.165) is 66.8 Å². The first-order chi connectivity index (χ1) is 30.2. The number of hydrogen-bond donors (Lipinski definition) is 0. The van der Waals surface area contributed by atoms with Gasteiger partial charge in [-0.2, -0.15) is 0 Å². The lowest BCUT2D eigenvalue weighted by Crippen LogP contribution is -2.10. The quantitative estimate of drug-likeness (QED) is 0.161. The molecule has 0 radical (unpaired) electrons. The molecule has 2 aromatic heterocycles. The van der Waals surface area contributed by atoms with Crippen LogP contribution in [-0.2, 0) is 0 Å². The van der Waals surface area contributed by atoms with E-state index in [4.69, 9.17) is 4.42 Å². The largest absolute Gasteiger partial charge is 0.455 e. The highest BCUT2D eigenvalue weighted by molar-refractivity contribution is 6.15. The van der Waals surface area contributed by atoms with E-state index in [1.54, 1.807) is 0 Å².